The van der Waals surface area contributed by atoms with Crippen molar-refractivity contribution in [1.29, 1.82) is 0 Å². The Labute approximate surface area is 106 Å². The number of hydrogen-bond donors (Lipinski definition) is 2. The Balaban J connectivity index is 1.82. The van der Waals surface area contributed by atoms with Crippen LogP contribution in [0.2, 0.25) is 0 Å². The van der Waals surface area contributed by atoms with Gasteiger partial charge in [-0.1, -0.05) is 6.07 Å². The number of piperidine rings is 1. The minimum atomic E-state index is 0.110. The Morgan fingerprint density at radius 3 is 2.83 bits per heavy atom. The third kappa shape index (κ3) is 1.99. The number of H-pyrrole nitrogens is 1. The first-order chi connectivity index (χ1) is 8.74. The molecule has 1 fully saturated rings. The maximum atomic E-state index is 12.3. The first-order valence-electron chi connectivity index (χ1n) is 6.36. The zero-order chi connectivity index (χ0) is 12.5. The van der Waals surface area contributed by atoms with E-state index in [1.807, 2.05) is 35.4 Å². The number of benzene rings is 1. The molecular weight excluding hydrogens is 226 g/mol. The molecule has 1 aliphatic heterocycles. The van der Waals surface area contributed by atoms with Crippen molar-refractivity contribution < 1.29 is 4.79 Å². The number of carbonyl (C=O) groups is 1. The summed E-state index contributed by atoms with van der Waals surface area (Å²) in [5.41, 5.74) is 7.61. The van der Waals surface area contributed by atoms with Gasteiger partial charge in [-0.15, -0.1) is 0 Å². The SMILES string of the molecule is NC1CCN(C(=O)c2ccc3cc[nH]c3c2)CC1. The van der Waals surface area contributed by atoms with E-state index < -0.39 is 0 Å². The summed E-state index contributed by atoms with van der Waals surface area (Å²) in [6.45, 7) is 1.53. The Morgan fingerprint density at radius 1 is 1.28 bits per heavy atom. The molecule has 0 spiro atoms. The summed E-state index contributed by atoms with van der Waals surface area (Å²) in [7, 11) is 0. The van der Waals surface area contributed by atoms with Crippen molar-refractivity contribution in [2.24, 2.45) is 5.73 Å². The highest BCUT2D eigenvalue weighted by molar-refractivity contribution is 5.97. The second-order valence-corrected chi connectivity index (χ2v) is 4.91. The van der Waals surface area contributed by atoms with Gasteiger partial charge in [0.15, 0.2) is 0 Å². The molecule has 3 N–H and O–H groups in total. The van der Waals surface area contributed by atoms with Crippen LogP contribution in [0.3, 0.4) is 0 Å². The number of fused-ring (bicyclic) bond motifs is 1. The number of aromatic nitrogens is 1. The van der Waals surface area contributed by atoms with Crippen LogP contribution >= 0.6 is 0 Å². The molecule has 2 heterocycles. The van der Waals surface area contributed by atoms with Crippen LogP contribution < -0.4 is 5.73 Å². The van der Waals surface area contributed by atoms with Crippen LogP contribution in [0.5, 0.6) is 0 Å². The predicted molar refractivity (Wildman–Crippen MR) is 71.4 cm³/mol. The van der Waals surface area contributed by atoms with Gasteiger partial charge in [-0.3, -0.25) is 4.79 Å². The minimum absolute atomic E-state index is 0.110. The van der Waals surface area contributed by atoms with Crippen LogP contribution in [0, 0.1) is 0 Å². The van der Waals surface area contributed by atoms with Crippen molar-refractivity contribution in [2.75, 3.05) is 13.1 Å². The lowest BCUT2D eigenvalue weighted by Crippen LogP contribution is -2.42. The third-order valence-corrected chi connectivity index (χ3v) is 3.63. The molecule has 1 aromatic carbocycles. The van der Waals surface area contributed by atoms with E-state index >= 15 is 0 Å². The van der Waals surface area contributed by atoms with Gasteiger partial charge in [0.05, 0.1) is 0 Å². The van der Waals surface area contributed by atoms with E-state index in [0.29, 0.717) is 0 Å². The van der Waals surface area contributed by atoms with E-state index in [1.54, 1.807) is 0 Å². The molecule has 0 atom stereocenters. The molecule has 0 bridgehead atoms. The van der Waals surface area contributed by atoms with E-state index in [2.05, 4.69) is 4.98 Å². The molecule has 1 amide bonds. The number of nitrogens with zero attached hydrogens (tertiary/aromatic N) is 1. The van der Waals surface area contributed by atoms with Gasteiger partial charge < -0.3 is 15.6 Å². The van der Waals surface area contributed by atoms with Crippen molar-refractivity contribution >= 4 is 16.8 Å². The van der Waals surface area contributed by atoms with Crippen LogP contribution in [0.15, 0.2) is 30.5 Å². The fourth-order valence-corrected chi connectivity index (χ4v) is 2.47. The Morgan fingerprint density at radius 2 is 2.06 bits per heavy atom. The fraction of sp³-hybridized carbons (Fsp3) is 0.357. The summed E-state index contributed by atoms with van der Waals surface area (Å²) in [5.74, 6) is 0.110. The molecule has 0 aliphatic carbocycles. The number of likely N-dealkylation sites (tertiary alicyclic amines) is 1. The number of amides is 1. The van der Waals surface area contributed by atoms with Gasteiger partial charge in [-0.2, -0.15) is 0 Å². The van der Waals surface area contributed by atoms with E-state index in [0.717, 1.165) is 42.4 Å². The lowest BCUT2D eigenvalue weighted by molar-refractivity contribution is 0.0715. The predicted octanol–water partition coefficient (Wildman–Crippen LogP) is 1.73. The third-order valence-electron chi connectivity index (χ3n) is 3.63. The van der Waals surface area contributed by atoms with Gasteiger partial charge in [0.1, 0.15) is 0 Å². The molecule has 0 unspecified atom stereocenters. The van der Waals surface area contributed by atoms with Crippen molar-refractivity contribution in [1.82, 2.24) is 9.88 Å². The number of carbonyl (C=O) groups excluding carboxylic acids is 1. The van der Waals surface area contributed by atoms with E-state index in [-0.39, 0.29) is 11.9 Å². The van der Waals surface area contributed by atoms with Crippen molar-refractivity contribution in [2.45, 2.75) is 18.9 Å². The Bertz CT molecular complexity index is 567. The quantitative estimate of drug-likeness (QED) is 0.801. The van der Waals surface area contributed by atoms with Gasteiger partial charge in [-0.25, -0.2) is 0 Å². The van der Waals surface area contributed by atoms with E-state index in [9.17, 15) is 4.79 Å². The molecular formula is C14H17N3O. The summed E-state index contributed by atoms with van der Waals surface area (Å²) in [6.07, 6.45) is 3.69. The first-order valence-corrected chi connectivity index (χ1v) is 6.36. The van der Waals surface area contributed by atoms with Gasteiger partial charge in [0.2, 0.25) is 0 Å². The normalized spacial score (nSPS) is 17.3. The average Bonchev–Trinajstić information content (AvgIpc) is 2.86. The van der Waals surface area contributed by atoms with E-state index in [1.165, 1.54) is 0 Å². The summed E-state index contributed by atoms with van der Waals surface area (Å²) in [4.78, 5) is 17.4. The topological polar surface area (TPSA) is 62.1 Å². The van der Waals surface area contributed by atoms with Crippen LogP contribution in [-0.2, 0) is 0 Å². The largest absolute Gasteiger partial charge is 0.361 e. The number of nitrogens with one attached hydrogen (secondary N) is 1. The van der Waals surface area contributed by atoms with Crippen molar-refractivity contribution in [3.8, 4) is 0 Å². The average molecular weight is 243 g/mol. The van der Waals surface area contributed by atoms with Crippen LogP contribution in [0.25, 0.3) is 10.9 Å². The number of hydrogen-bond acceptors (Lipinski definition) is 2. The number of nitrogens with two attached hydrogens (primary N) is 1. The van der Waals surface area contributed by atoms with Crippen molar-refractivity contribution in [3.05, 3.63) is 36.0 Å². The van der Waals surface area contributed by atoms with Gasteiger partial charge in [0, 0.05) is 36.4 Å². The summed E-state index contributed by atoms with van der Waals surface area (Å²) >= 11 is 0. The van der Waals surface area contributed by atoms with Crippen LogP contribution in [-0.4, -0.2) is 34.9 Å². The summed E-state index contributed by atoms with van der Waals surface area (Å²) < 4.78 is 0. The smallest absolute Gasteiger partial charge is 0.253 e. The molecule has 18 heavy (non-hydrogen) atoms. The van der Waals surface area contributed by atoms with Gasteiger partial charge in [-0.05, 0) is 36.4 Å². The zero-order valence-corrected chi connectivity index (χ0v) is 10.2. The standard InChI is InChI=1S/C14H17N3O/c15-12-4-7-17(8-5-12)14(18)11-2-1-10-3-6-16-13(10)9-11/h1-3,6,9,12,16H,4-5,7-8,15H2. The maximum absolute atomic E-state index is 12.3. The molecule has 0 saturated carbocycles. The first kappa shape index (κ1) is 11.3. The molecule has 2 aromatic rings. The molecule has 3 rings (SSSR count). The highest BCUT2D eigenvalue weighted by Gasteiger charge is 2.21. The zero-order valence-electron chi connectivity index (χ0n) is 10.2. The van der Waals surface area contributed by atoms with E-state index in [4.69, 9.17) is 5.73 Å². The number of rotatable bonds is 1. The highest BCUT2D eigenvalue weighted by atomic mass is 16.2. The molecule has 1 aliphatic rings. The summed E-state index contributed by atoms with van der Waals surface area (Å²) in [5, 5.41) is 1.13. The highest BCUT2D eigenvalue weighted by Crippen LogP contribution is 2.17. The lowest BCUT2D eigenvalue weighted by Gasteiger charge is -2.30. The number of aromatic amines is 1. The van der Waals surface area contributed by atoms with Crippen molar-refractivity contribution in [3.63, 3.8) is 0 Å². The second kappa shape index (κ2) is 4.46. The van der Waals surface area contributed by atoms with Gasteiger partial charge in [0.25, 0.3) is 5.91 Å². The molecule has 94 valence electrons. The maximum Gasteiger partial charge on any atom is 0.253 e. The molecule has 1 saturated heterocycles. The Hall–Kier alpha value is -1.81. The minimum Gasteiger partial charge on any atom is -0.361 e. The molecule has 4 nitrogen and oxygen atoms in total. The lowest BCUT2D eigenvalue weighted by atomic mass is 10.0. The second-order valence-electron chi connectivity index (χ2n) is 4.91. The monoisotopic (exact) mass is 243 g/mol. The molecule has 0 radical (unpaired) electrons. The fourth-order valence-electron chi connectivity index (χ4n) is 2.47. The Kier molecular flexibility index (Phi) is 2.80. The molecule has 1 aromatic heterocycles. The van der Waals surface area contributed by atoms with Crippen LogP contribution in [0.4, 0.5) is 0 Å². The molecule has 4 heteroatoms. The van der Waals surface area contributed by atoms with Gasteiger partial charge >= 0.3 is 0 Å². The van der Waals surface area contributed by atoms with Crippen LogP contribution in [0.1, 0.15) is 23.2 Å². The summed E-state index contributed by atoms with van der Waals surface area (Å²) in [6, 6.07) is 8.05.